The second-order valence-electron chi connectivity index (χ2n) is 6.84. The van der Waals surface area contributed by atoms with Gasteiger partial charge in [-0.25, -0.2) is 4.98 Å². The van der Waals surface area contributed by atoms with E-state index in [0.717, 1.165) is 25.2 Å². The average Bonchev–Trinajstić information content (AvgIpc) is 2.84. The van der Waals surface area contributed by atoms with E-state index < -0.39 is 0 Å². The largest absolute Gasteiger partial charge is 0.316 e. The Kier molecular flexibility index (Phi) is 5.76. The van der Waals surface area contributed by atoms with E-state index in [2.05, 4.69) is 64.2 Å². The first kappa shape index (κ1) is 17.2. The molecule has 2 rings (SSSR count). The summed E-state index contributed by atoms with van der Waals surface area (Å²) in [7, 11) is 0. The highest BCUT2D eigenvalue weighted by Gasteiger charge is 2.14. The Morgan fingerprint density at radius 1 is 1.09 bits per heavy atom. The highest BCUT2D eigenvalue weighted by Crippen LogP contribution is 2.30. The Balaban J connectivity index is 2.10. The number of hydrogen-bond donors (Lipinski definition) is 1. The van der Waals surface area contributed by atoms with Gasteiger partial charge in [0.05, 0.1) is 10.7 Å². The molecule has 1 aromatic carbocycles. The van der Waals surface area contributed by atoms with Crippen LogP contribution in [0.2, 0.25) is 0 Å². The maximum atomic E-state index is 4.85. The van der Waals surface area contributed by atoms with Gasteiger partial charge in [0, 0.05) is 23.4 Å². The zero-order chi connectivity index (χ0) is 16.2. The summed E-state index contributed by atoms with van der Waals surface area (Å²) >= 11 is 1.83. The standard InChI is InChI=1S/C19H28N2S/c1-6-12-20-13-11-17-21-18(14(2)22-17)15-7-9-16(10-8-15)19(3,4)5/h7-10,20H,6,11-13H2,1-5H3. The van der Waals surface area contributed by atoms with E-state index >= 15 is 0 Å². The van der Waals surface area contributed by atoms with Crippen molar-refractivity contribution in [1.82, 2.24) is 10.3 Å². The molecule has 0 spiro atoms. The van der Waals surface area contributed by atoms with Crippen molar-refractivity contribution in [2.45, 2.75) is 52.9 Å². The molecule has 0 atom stereocenters. The molecule has 1 aromatic heterocycles. The van der Waals surface area contributed by atoms with Crippen LogP contribution in [0, 0.1) is 6.92 Å². The zero-order valence-electron chi connectivity index (χ0n) is 14.5. The van der Waals surface area contributed by atoms with Crippen molar-refractivity contribution in [3.63, 3.8) is 0 Å². The first-order valence-electron chi connectivity index (χ1n) is 8.19. The van der Waals surface area contributed by atoms with Crippen molar-refractivity contribution in [1.29, 1.82) is 0 Å². The van der Waals surface area contributed by atoms with Crippen molar-refractivity contribution >= 4 is 11.3 Å². The van der Waals surface area contributed by atoms with Gasteiger partial charge in [0.25, 0.3) is 0 Å². The molecule has 3 heteroatoms. The average molecular weight is 317 g/mol. The number of thiazole rings is 1. The minimum absolute atomic E-state index is 0.200. The highest BCUT2D eigenvalue weighted by molar-refractivity contribution is 7.12. The van der Waals surface area contributed by atoms with Crippen LogP contribution in [0.25, 0.3) is 11.3 Å². The smallest absolute Gasteiger partial charge is 0.0948 e. The molecule has 120 valence electrons. The van der Waals surface area contributed by atoms with Crippen molar-refractivity contribution in [3.05, 3.63) is 39.7 Å². The van der Waals surface area contributed by atoms with Crippen LogP contribution in [0.3, 0.4) is 0 Å². The summed E-state index contributed by atoms with van der Waals surface area (Å²) in [6.45, 7) is 13.2. The molecule has 1 N–H and O–H groups in total. The van der Waals surface area contributed by atoms with Crippen molar-refractivity contribution in [2.24, 2.45) is 0 Å². The van der Waals surface area contributed by atoms with E-state index in [-0.39, 0.29) is 5.41 Å². The lowest BCUT2D eigenvalue weighted by molar-refractivity contribution is 0.590. The Hall–Kier alpha value is -1.19. The third kappa shape index (κ3) is 4.40. The van der Waals surface area contributed by atoms with E-state index in [1.54, 1.807) is 0 Å². The van der Waals surface area contributed by atoms with Crippen LogP contribution in [-0.4, -0.2) is 18.1 Å². The van der Waals surface area contributed by atoms with Gasteiger partial charge in [-0.1, -0.05) is 52.0 Å². The third-order valence-electron chi connectivity index (χ3n) is 3.81. The quantitative estimate of drug-likeness (QED) is 0.762. The van der Waals surface area contributed by atoms with E-state index in [9.17, 15) is 0 Å². The van der Waals surface area contributed by atoms with E-state index in [1.807, 2.05) is 11.3 Å². The Bertz CT molecular complexity index is 591. The van der Waals surface area contributed by atoms with Gasteiger partial charge < -0.3 is 5.32 Å². The summed E-state index contributed by atoms with van der Waals surface area (Å²) in [6.07, 6.45) is 2.20. The van der Waals surface area contributed by atoms with Crippen LogP contribution >= 0.6 is 11.3 Å². The number of aryl methyl sites for hydroxylation is 1. The van der Waals surface area contributed by atoms with Gasteiger partial charge in [0.1, 0.15) is 0 Å². The first-order valence-corrected chi connectivity index (χ1v) is 9.01. The molecule has 0 aliphatic heterocycles. The van der Waals surface area contributed by atoms with Gasteiger partial charge >= 0.3 is 0 Å². The van der Waals surface area contributed by atoms with Crippen LogP contribution in [0.1, 0.15) is 49.6 Å². The van der Waals surface area contributed by atoms with E-state index in [1.165, 1.54) is 27.4 Å². The summed E-state index contributed by atoms with van der Waals surface area (Å²) < 4.78 is 0. The number of benzene rings is 1. The molecule has 1 heterocycles. The fourth-order valence-corrected chi connectivity index (χ4v) is 3.41. The number of hydrogen-bond acceptors (Lipinski definition) is 3. The molecule has 0 radical (unpaired) electrons. The number of nitrogens with one attached hydrogen (secondary N) is 1. The van der Waals surface area contributed by atoms with Crippen LogP contribution in [0.5, 0.6) is 0 Å². The lowest BCUT2D eigenvalue weighted by Gasteiger charge is -2.19. The van der Waals surface area contributed by atoms with Gasteiger partial charge in [-0.15, -0.1) is 11.3 Å². The fourth-order valence-electron chi connectivity index (χ4n) is 2.45. The summed E-state index contributed by atoms with van der Waals surface area (Å²) in [5.74, 6) is 0. The molecule has 2 nitrogen and oxygen atoms in total. The monoisotopic (exact) mass is 316 g/mol. The molecular weight excluding hydrogens is 288 g/mol. The van der Waals surface area contributed by atoms with E-state index in [0.29, 0.717) is 0 Å². The summed E-state index contributed by atoms with van der Waals surface area (Å²) in [6, 6.07) is 8.89. The van der Waals surface area contributed by atoms with Crippen molar-refractivity contribution in [3.8, 4) is 11.3 Å². The maximum Gasteiger partial charge on any atom is 0.0948 e. The predicted molar refractivity (Wildman–Crippen MR) is 97.9 cm³/mol. The van der Waals surface area contributed by atoms with Crippen molar-refractivity contribution < 1.29 is 0 Å². The number of nitrogens with zero attached hydrogens (tertiary/aromatic N) is 1. The third-order valence-corrected chi connectivity index (χ3v) is 4.84. The molecule has 0 unspecified atom stereocenters. The minimum atomic E-state index is 0.200. The molecule has 0 saturated heterocycles. The van der Waals surface area contributed by atoms with Gasteiger partial charge in [-0.05, 0) is 30.9 Å². The Morgan fingerprint density at radius 2 is 1.77 bits per heavy atom. The predicted octanol–water partition coefficient (Wildman–Crippen LogP) is 4.96. The molecule has 0 aliphatic carbocycles. The molecule has 0 amide bonds. The van der Waals surface area contributed by atoms with Gasteiger partial charge in [-0.2, -0.15) is 0 Å². The fraction of sp³-hybridized carbons (Fsp3) is 0.526. The molecule has 22 heavy (non-hydrogen) atoms. The highest BCUT2D eigenvalue weighted by atomic mass is 32.1. The second-order valence-corrected chi connectivity index (χ2v) is 8.13. The summed E-state index contributed by atoms with van der Waals surface area (Å²) in [4.78, 5) is 6.16. The molecule has 2 aromatic rings. The summed E-state index contributed by atoms with van der Waals surface area (Å²) in [5.41, 5.74) is 3.95. The van der Waals surface area contributed by atoms with Crippen molar-refractivity contribution in [2.75, 3.05) is 13.1 Å². The number of rotatable bonds is 6. The summed E-state index contributed by atoms with van der Waals surface area (Å²) in [5, 5.41) is 4.68. The first-order chi connectivity index (χ1) is 10.4. The van der Waals surface area contributed by atoms with Crippen LogP contribution in [0.15, 0.2) is 24.3 Å². The minimum Gasteiger partial charge on any atom is -0.316 e. The van der Waals surface area contributed by atoms with E-state index in [4.69, 9.17) is 4.98 Å². The van der Waals surface area contributed by atoms with Gasteiger partial charge in [0.2, 0.25) is 0 Å². The Morgan fingerprint density at radius 3 is 2.36 bits per heavy atom. The van der Waals surface area contributed by atoms with Gasteiger partial charge in [0.15, 0.2) is 0 Å². The van der Waals surface area contributed by atoms with Crippen LogP contribution < -0.4 is 5.32 Å². The second kappa shape index (κ2) is 7.38. The molecular formula is C19H28N2S. The Labute approximate surface area is 139 Å². The number of aromatic nitrogens is 1. The zero-order valence-corrected chi connectivity index (χ0v) is 15.3. The topological polar surface area (TPSA) is 24.9 Å². The van der Waals surface area contributed by atoms with Crippen LogP contribution in [-0.2, 0) is 11.8 Å². The SMILES string of the molecule is CCCNCCc1nc(-c2ccc(C(C)(C)C)cc2)c(C)s1. The maximum absolute atomic E-state index is 4.85. The normalized spacial score (nSPS) is 11.9. The lowest BCUT2D eigenvalue weighted by atomic mass is 9.86. The molecule has 0 bridgehead atoms. The van der Waals surface area contributed by atoms with Crippen LogP contribution in [0.4, 0.5) is 0 Å². The van der Waals surface area contributed by atoms with Gasteiger partial charge in [-0.3, -0.25) is 0 Å². The molecule has 0 aliphatic rings. The molecule has 0 saturated carbocycles. The lowest BCUT2D eigenvalue weighted by Crippen LogP contribution is -2.17. The molecule has 0 fully saturated rings.